The van der Waals surface area contributed by atoms with Crippen LogP contribution in [0.4, 0.5) is 5.95 Å². The number of nitrogens with zero attached hydrogens (tertiary/aromatic N) is 2. The van der Waals surface area contributed by atoms with E-state index in [1.807, 2.05) is 0 Å². The summed E-state index contributed by atoms with van der Waals surface area (Å²) in [7, 11) is 1.00. The van der Waals surface area contributed by atoms with E-state index in [9.17, 15) is 4.79 Å². The number of rotatable bonds is 0. The smallest absolute Gasteiger partial charge is 0.278 e. The predicted molar refractivity (Wildman–Crippen MR) is 47.1 cm³/mol. The van der Waals surface area contributed by atoms with Crippen molar-refractivity contribution in [2.45, 2.75) is 0 Å². The normalized spacial score (nSPS) is 9.38. The molecule has 0 saturated carbocycles. The minimum absolute atomic E-state index is 0.0783. The molecule has 0 saturated heterocycles. The van der Waals surface area contributed by atoms with Gasteiger partial charge in [-0.15, -0.1) is 0 Å². The van der Waals surface area contributed by atoms with E-state index in [1.165, 1.54) is 6.33 Å². The maximum Gasteiger partial charge on any atom is 0.278 e. The molecule has 7 heteroatoms. The number of nitrogens with one attached hydrogen (secondary N) is 2. The fraction of sp³-hybridized carbons (Fsp3) is 0.167. The molecular formula is C6H9N5O2. The van der Waals surface area contributed by atoms with Gasteiger partial charge in [-0.05, 0) is 0 Å². The summed E-state index contributed by atoms with van der Waals surface area (Å²) < 4.78 is 0. The van der Waals surface area contributed by atoms with Gasteiger partial charge in [-0.25, -0.2) is 4.98 Å². The predicted octanol–water partition coefficient (Wildman–Crippen LogP) is -1.16. The van der Waals surface area contributed by atoms with Crippen molar-refractivity contribution in [3.63, 3.8) is 0 Å². The quantitative estimate of drug-likeness (QED) is 0.410. The van der Waals surface area contributed by atoms with Crippen molar-refractivity contribution in [1.29, 1.82) is 0 Å². The zero-order valence-electron chi connectivity index (χ0n) is 6.90. The topological polar surface area (TPSA) is 121 Å². The van der Waals surface area contributed by atoms with E-state index in [1.54, 1.807) is 0 Å². The summed E-state index contributed by atoms with van der Waals surface area (Å²) in [6.45, 7) is 0. The van der Waals surface area contributed by atoms with Crippen LogP contribution >= 0.6 is 0 Å². The Bertz CT molecular complexity index is 445. The van der Waals surface area contributed by atoms with E-state index in [2.05, 4.69) is 19.9 Å². The number of hydrogen-bond donors (Lipinski definition) is 4. The third-order valence-corrected chi connectivity index (χ3v) is 1.31. The number of fused-ring (bicyclic) bond motifs is 1. The van der Waals surface area contributed by atoms with Crippen molar-refractivity contribution in [1.82, 2.24) is 19.9 Å². The van der Waals surface area contributed by atoms with Crippen LogP contribution in [0.3, 0.4) is 0 Å². The van der Waals surface area contributed by atoms with E-state index in [0.29, 0.717) is 11.2 Å². The number of imidazole rings is 1. The van der Waals surface area contributed by atoms with Crippen molar-refractivity contribution >= 4 is 17.1 Å². The summed E-state index contributed by atoms with van der Waals surface area (Å²) in [6.07, 6.45) is 1.40. The number of nitrogen functional groups attached to an aromatic ring is 1. The first kappa shape index (κ1) is 9.20. The van der Waals surface area contributed by atoms with Gasteiger partial charge in [0.15, 0.2) is 11.2 Å². The molecule has 0 atom stereocenters. The van der Waals surface area contributed by atoms with Crippen molar-refractivity contribution in [2.24, 2.45) is 0 Å². The highest BCUT2D eigenvalue weighted by molar-refractivity contribution is 5.69. The maximum atomic E-state index is 11.0. The molecule has 0 aliphatic heterocycles. The fourth-order valence-corrected chi connectivity index (χ4v) is 0.860. The molecule has 2 heterocycles. The Morgan fingerprint density at radius 1 is 1.54 bits per heavy atom. The van der Waals surface area contributed by atoms with Crippen LogP contribution in [-0.2, 0) is 0 Å². The third-order valence-electron chi connectivity index (χ3n) is 1.31. The lowest BCUT2D eigenvalue weighted by molar-refractivity contribution is 0.399. The highest BCUT2D eigenvalue weighted by atomic mass is 16.2. The molecule has 70 valence electrons. The van der Waals surface area contributed by atoms with Gasteiger partial charge in [0.05, 0.1) is 6.33 Å². The molecule has 5 N–H and O–H groups in total. The number of aromatic nitrogens is 4. The number of H-pyrrole nitrogens is 2. The largest absolute Gasteiger partial charge is 0.400 e. The van der Waals surface area contributed by atoms with Gasteiger partial charge in [0.1, 0.15) is 0 Å². The van der Waals surface area contributed by atoms with Gasteiger partial charge in [0.25, 0.3) is 5.56 Å². The van der Waals surface area contributed by atoms with Crippen LogP contribution in [-0.4, -0.2) is 32.2 Å². The Kier molecular flexibility index (Phi) is 2.60. The second kappa shape index (κ2) is 3.68. The second-order valence-corrected chi connectivity index (χ2v) is 2.05. The highest BCUT2D eigenvalue weighted by Crippen LogP contribution is 1.98. The SMILES string of the molecule is CO.Nc1nc2nc[nH]c2c(=O)[nH]1. The summed E-state index contributed by atoms with van der Waals surface area (Å²) in [5, 5.41) is 7.00. The number of aliphatic hydroxyl groups is 1. The highest BCUT2D eigenvalue weighted by Gasteiger charge is 2.01. The summed E-state index contributed by atoms with van der Waals surface area (Å²) in [5.41, 5.74) is 5.65. The molecule has 0 spiro atoms. The number of nitrogens with two attached hydrogens (primary N) is 1. The molecule has 2 aromatic rings. The molecular weight excluding hydrogens is 174 g/mol. The molecule has 2 rings (SSSR count). The minimum Gasteiger partial charge on any atom is -0.400 e. The van der Waals surface area contributed by atoms with Gasteiger partial charge in [-0.3, -0.25) is 9.78 Å². The van der Waals surface area contributed by atoms with E-state index < -0.39 is 0 Å². The number of aliphatic hydroxyl groups excluding tert-OH is 1. The Labute approximate surface area is 72.6 Å². The van der Waals surface area contributed by atoms with Crippen molar-refractivity contribution in [3.8, 4) is 0 Å². The zero-order valence-corrected chi connectivity index (χ0v) is 6.90. The number of hydrogen-bond acceptors (Lipinski definition) is 5. The average Bonchev–Trinajstić information content (AvgIpc) is 2.55. The molecule has 13 heavy (non-hydrogen) atoms. The first-order valence-electron chi connectivity index (χ1n) is 3.41. The monoisotopic (exact) mass is 183 g/mol. The van der Waals surface area contributed by atoms with Crippen molar-refractivity contribution in [3.05, 3.63) is 16.7 Å². The summed E-state index contributed by atoms with van der Waals surface area (Å²) in [6, 6.07) is 0. The molecule has 0 fully saturated rings. The van der Waals surface area contributed by atoms with Crippen LogP contribution in [0.1, 0.15) is 0 Å². The van der Waals surface area contributed by atoms with Gasteiger partial charge in [0, 0.05) is 7.11 Å². The minimum atomic E-state index is -0.301. The molecule has 0 radical (unpaired) electrons. The van der Waals surface area contributed by atoms with Crippen LogP contribution in [0.5, 0.6) is 0 Å². The lowest BCUT2D eigenvalue weighted by Gasteiger charge is -1.89. The van der Waals surface area contributed by atoms with Crippen molar-refractivity contribution in [2.75, 3.05) is 12.8 Å². The second-order valence-electron chi connectivity index (χ2n) is 2.05. The van der Waals surface area contributed by atoms with Crippen LogP contribution in [0.2, 0.25) is 0 Å². The Balaban J connectivity index is 0.000000396. The van der Waals surface area contributed by atoms with E-state index in [-0.39, 0.29) is 11.5 Å². The van der Waals surface area contributed by atoms with Crippen LogP contribution in [0.25, 0.3) is 11.2 Å². The number of aromatic amines is 2. The summed E-state index contributed by atoms with van der Waals surface area (Å²) in [4.78, 5) is 23.5. The summed E-state index contributed by atoms with van der Waals surface area (Å²) >= 11 is 0. The standard InChI is InChI=1S/C5H5N5O.CH4O/c6-5-9-3-2(4(11)10-5)7-1-8-3;1-2/h1H,(H4,6,7,8,9,10,11);2H,1H3. The first-order valence-corrected chi connectivity index (χ1v) is 3.41. The molecule has 7 nitrogen and oxygen atoms in total. The van der Waals surface area contributed by atoms with Gasteiger partial charge in [-0.1, -0.05) is 0 Å². The molecule has 0 amide bonds. The molecule has 0 aliphatic carbocycles. The Morgan fingerprint density at radius 3 is 2.92 bits per heavy atom. The van der Waals surface area contributed by atoms with Crippen molar-refractivity contribution < 1.29 is 5.11 Å². The van der Waals surface area contributed by atoms with Crippen LogP contribution in [0, 0.1) is 0 Å². The first-order chi connectivity index (χ1) is 6.27. The van der Waals surface area contributed by atoms with Gasteiger partial charge >= 0.3 is 0 Å². The third kappa shape index (κ3) is 1.64. The van der Waals surface area contributed by atoms with E-state index in [4.69, 9.17) is 10.8 Å². The lowest BCUT2D eigenvalue weighted by atomic mass is 10.5. The van der Waals surface area contributed by atoms with Gasteiger partial charge in [0.2, 0.25) is 5.95 Å². The summed E-state index contributed by atoms with van der Waals surface area (Å²) in [5.74, 6) is 0.0783. The Morgan fingerprint density at radius 2 is 2.23 bits per heavy atom. The lowest BCUT2D eigenvalue weighted by Crippen LogP contribution is -2.10. The molecule has 0 aromatic carbocycles. The number of anilines is 1. The van der Waals surface area contributed by atoms with Crippen LogP contribution < -0.4 is 11.3 Å². The van der Waals surface area contributed by atoms with Crippen LogP contribution in [0.15, 0.2) is 11.1 Å². The van der Waals surface area contributed by atoms with E-state index >= 15 is 0 Å². The molecule has 0 bridgehead atoms. The maximum absolute atomic E-state index is 11.0. The van der Waals surface area contributed by atoms with Gasteiger partial charge < -0.3 is 15.8 Å². The van der Waals surface area contributed by atoms with E-state index in [0.717, 1.165) is 7.11 Å². The molecule has 0 aliphatic rings. The average molecular weight is 183 g/mol. The Hall–Kier alpha value is -1.89. The molecule has 0 unspecified atom stereocenters. The van der Waals surface area contributed by atoms with Gasteiger partial charge in [-0.2, -0.15) is 4.98 Å². The molecule has 2 aromatic heterocycles. The fourth-order valence-electron chi connectivity index (χ4n) is 0.860. The zero-order chi connectivity index (χ0) is 9.84.